The molecule has 0 aliphatic heterocycles. The van der Waals surface area contributed by atoms with E-state index in [0.29, 0.717) is 17.7 Å². The quantitative estimate of drug-likeness (QED) is 0.241. The van der Waals surface area contributed by atoms with E-state index in [-0.39, 0.29) is 6.54 Å². The normalized spacial score (nSPS) is 12.6. The van der Waals surface area contributed by atoms with Crippen molar-refractivity contribution < 1.29 is 23.9 Å². The number of primary amides is 1. The van der Waals surface area contributed by atoms with Gasteiger partial charge in [-0.05, 0) is 64.7 Å². The van der Waals surface area contributed by atoms with Gasteiger partial charge in [0, 0.05) is 12.2 Å². The Morgan fingerprint density at radius 1 is 0.929 bits per heavy atom. The first-order valence-corrected chi connectivity index (χ1v) is 14.8. The SMILES string of the molecule is CCCCCCCN(C(=O)C(CC(N)=O)NC(=O)OC(C)(C)C)C(C(=O)Nc1c(C)cccc1C)c1cccc(C)c1. The van der Waals surface area contributed by atoms with Crippen molar-refractivity contribution in [2.45, 2.75) is 105 Å². The molecule has 2 aromatic carbocycles. The molecule has 9 nitrogen and oxygen atoms in total. The Morgan fingerprint density at radius 2 is 1.55 bits per heavy atom. The third kappa shape index (κ3) is 10.8. The van der Waals surface area contributed by atoms with E-state index in [9.17, 15) is 19.2 Å². The number of anilines is 1. The number of para-hydroxylation sites is 1. The molecule has 2 atom stereocenters. The van der Waals surface area contributed by atoms with E-state index in [0.717, 1.165) is 42.4 Å². The summed E-state index contributed by atoms with van der Waals surface area (Å²) in [6.07, 6.45) is 3.32. The summed E-state index contributed by atoms with van der Waals surface area (Å²) in [7, 11) is 0. The van der Waals surface area contributed by atoms with Crippen molar-refractivity contribution in [1.82, 2.24) is 10.2 Å². The van der Waals surface area contributed by atoms with Crippen molar-refractivity contribution >= 4 is 29.5 Å². The lowest BCUT2D eigenvalue weighted by molar-refractivity contribution is -0.142. The molecule has 4 N–H and O–H groups in total. The molecule has 0 aliphatic carbocycles. The highest BCUT2D eigenvalue weighted by Crippen LogP contribution is 2.28. The molecule has 2 rings (SSSR count). The molecule has 230 valence electrons. The molecule has 2 unspecified atom stereocenters. The standard InChI is InChI=1S/C33H48N4O5/c1-8-9-10-11-12-19-37(31(40)26(21-27(34)38)35-32(41)42-33(5,6)7)29(25-18-13-15-22(2)20-25)30(39)36-28-23(3)16-14-17-24(28)4/h13-18,20,26,29H,8-12,19,21H2,1-7H3,(H2,34,38)(H,35,41)(H,36,39). The van der Waals surface area contributed by atoms with Gasteiger partial charge >= 0.3 is 6.09 Å². The highest BCUT2D eigenvalue weighted by molar-refractivity contribution is 6.00. The number of carbonyl (C=O) groups excluding carboxylic acids is 4. The number of ether oxygens (including phenoxy) is 1. The van der Waals surface area contributed by atoms with E-state index < -0.39 is 47.9 Å². The van der Waals surface area contributed by atoms with Gasteiger partial charge in [-0.15, -0.1) is 0 Å². The average molecular weight is 581 g/mol. The zero-order chi connectivity index (χ0) is 31.4. The molecule has 0 spiro atoms. The van der Waals surface area contributed by atoms with Gasteiger partial charge in [0.1, 0.15) is 17.7 Å². The van der Waals surface area contributed by atoms with E-state index in [1.165, 1.54) is 4.90 Å². The summed E-state index contributed by atoms with van der Waals surface area (Å²) < 4.78 is 5.37. The summed E-state index contributed by atoms with van der Waals surface area (Å²) in [6.45, 7) is 13.2. The van der Waals surface area contributed by atoms with Crippen LogP contribution in [-0.4, -0.2) is 46.9 Å². The number of unbranched alkanes of at least 4 members (excludes halogenated alkanes) is 4. The van der Waals surface area contributed by atoms with Crippen LogP contribution >= 0.6 is 0 Å². The second-order valence-electron chi connectivity index (χ2n) is 11.9. The van der Waals surface area contributed by atoms with Gasteiger partial charge in [0.15, 0.2) is 0 Å². The van der Waals surface area contributed by atoms with Crippen LogP contribution in [0.3, 0.4) is 0 Å². The molecule has 0 aromatic heterocycles. The van der Waals surface area contributed by atoms with Gasteiger partial charge < -0.3 is 26.0 Å². The Hall–Kier alpha value is -3.88. The molecule has 0 aliphatic rings. The number of alkyl carbamates (subject to hydrolysis) is 1. The monoisotopic (exact) mass is 580 g/mol. The summed E-state index contributed by atoms with van der Waals surface area (Å²) >= 11 is 0. The van der Waals surface area contributed by atoms with Gasteiger partial charge in [-0.2, -0.15) is 0 Å². The summed E-state index contributed by atoms with van der Waals surface area (Å²) in [4.78, 5) is 54.6. The van der Waals surface area contributed by atoms with E-state index in [1.807, 2.05) is 63.2 Å². The number of hydrogen-bond donors (Lipinski definition) is 3. The van der Waals surface area contributed by atoms with Crippen molar-refractivity contribution in [3.05, 3.63) is 64.7 Å². The molecule has 0 bridgehead atoms. The zero-order valence-electron chi connectivity index (χ0n) is 26.2. The smallest absolute Gasteiger partial charge is 0.408 e. The van der Waals surface area contributed by atoms with Crippen molar-refractivity contribution in [1.29, 1.82) is 0 Å². The predicted molar refractivity (Wildman–Crippen MR) is 166 cm³/mol. The Morgan fingerprint density at radius 3 is 2.12 bits per heavy atom. The highest BCUT2D eigenvalue weighted by atomic mass is 16.6. The number of hydrogen-bond acceptors (Lipinski definition) is 5. The first-order chi connectivity index (χ1) is 19.7. The Bertz CT molecular complexity index is 1220. The molecular formula is C33H48N4O5. The van der Waals surface area contributed by atoms with Gasteiger partial charge in [0.2, 0.25) is 11.8 Å². The largest absolute Gasteiger partial charge is 0.444 e. The molecule has 42 heavy (non-hydrogen) atoms. The lowest BCUT2D eigenvalue weighted by Gasteiger charge is -2.34. The van der Waals surface area contributed by atoms with E-state index in [1.54, 1.807) is 20.8 Å². The van der Waals surface area contributed by atoms with Crippen LogP contribution in [0.4, 0.5) is 10.5 Å². The van der Waals surface area contributed by atoms with E-state index in [4.69, 9.17) is 10.5 Å². The topological polar surface area (TPSA) is 131 Å². The number of nitrogens with two attached hydrogens (primary N) is 1. The molecular weight excluding hydrogens is 532 g/mol. The number of nitrogens with one attached hydrogen (secondary N) is 2. The predicted octanol–water partition coefficient (Wildman–Crippen LogP) is 5.86. The second-order valence-corrected chi connectivity index (χ2v) is 11.9. The van der Waals surface area contributed by atoms with Crippen LogP contribution in [0.15, 0.2) is 42.5 Å². The molecule has 0 fully saturated rings. The molecule has 0 radical (unpaired) electrons. The number of aryl methyl sites for hydroxylation is 3. The van der Waals surface area contributed by atoms with Crippen LogP contribution in [0.2, 0.25) is 0 Å². The Labute approximate surface area is 250 Å². The minimum absolute atomic E-state index is 0.243. The second kappa shape index (κ2) is 15.9. The van der Waals surface area contributed by atoms with Gasteiger partial charge in [-0.3, -0.25) is 14.4 Å². The van der Waals surface area contributed by atoms with Gasteiger partial charge in [-0.1, -0.05) is 80.6 Å². The van der Waals surface area contributed by atoms with Gasteiger partial charge in [0.25, 0.3) is 5.91 Å². The summed E-state index contributed by atoms with van der Waals surface area (Å²) in [5.41, 5.74) is 8.69. The maximum absolute atomic E-state index is 14.3. The number of carbonyl (C=O) groups is 4. The summed E-state index contributed by atoms with van der Waals surface area (Å²) in [5, 5.41) is 5.59. The summed E-state index contributed by atoms with van der Waals surface area (Å²) in [6, 6.07) is 10.8. The number of amides is 4. The molecule has 0 saturated heterocycles. The molecule has 0 heterocycles. The number of rotatable bonds is 14. The molecule has 2 aromatic rings. The molecule has 0 saturated carbocycles. The zero-order valence-corrected chi connectivity index (χ0v) is 26.2. The molecule has 9 heteroatoms. The Balaban J connectivity index is 2.58. The van der Waals surface area contributed by atoms with E-state index >= 15 is 0 Å². The lowest BCUT2D eigenvalue weighted by atomic mass is 9.99. The third-order valence-corrected chi connectivity index (χ3v) is 6.83. The fraction of sp³-hybridized carbons (Fsp3) is 0.515. The van der Waals surface area contributed by atoms with Crippen molar-refractivity contribution in [3.63, 3.8) is 0 Å². The lowest BCUT2D eigenvalue weighted by Crippen LogP contribution is -2.53. The van der Waals surface area contributed by atoms with Crippen molar-refractivity contribution in [2.75, 3.05) is 11.9 Å². The van der Waals surface area contributed by atoms with Crippen LogP contribution in [0.1, 0.15) is 94.5 Å². The highest BCUT2D eigenvalue weighted by Gasteiger charge is 2.37. The average Bonchev–Trinajstić information content (AvgIpc) is 2.88. The fourth-order valence-electron chi connectivity index (χ4n) is 4.82. The van der Waals surface area contributed by atoms with Crippen molar-refractivity contribution in [2.24, 2.45) is 5.73 Å². The van der Waals surface area contributed by atoms with E-state index in [2.05, 4.69) is 17.6 Å². The Kier molecular flexibility index (Phi) is 13.0. The van der Waals surface area contributed by atoms with Crippen LogP contribution < -0.4 is 16.4 Å². The van der Waals surface area contributed by atoms with Gasteiger partial charge in [-0.25, -0.2) is 4.79 Å². The van der Waals surface area contributed by atoms with Crippen LogP contribution in [0.5, 0.6) is 0 Å². The van der Waals surface area contributed by atoms with Crippen LogP contribution in [0.25, 0.3) is 0 Å². The van der Waals surface area contributed by atoms with Gasteiger partial charge in [0.05, 0.1) is 6.42 Å². The first kappa shape index (κ1) is 34.3. The number of nitrogens with zero attached hydrogens (tertiary/aromatic N) is 1. The molecule has 4 amide bonds. The van der Waals surface area contributed by atoms with Crippen molar-refractivity contribution in [3.8, 4) is 0 Å². The fourth-order valence-corrected chi connectivity index (χ4v) is 4.82. The summed E-state index contributed by atoms with van der Waals surface area (Å²) in [5.74, 6) is -1.74. The number of benzene rings is 2. The third-order valence-electron chi connectivity index (χ3n) is 6.83. The minimum Gasteiger partial charge on any atom is -0.444 e. The van der Waals surface area contributed by atoms with Crippen LogP contribution in [0, 0.1) is 20.8 Å². The first-order valence-electron chi connectivity index (χ1n) is 14.8. The maximum atomic E-state index is 14.3. The van der Waals surface area contributed by atoms with Crippen LogP contribution in [-0.2, 0) is 19.1 Å². The maximum Gasteiger partial charge on any atom is 0.408 e. The minimum atomic E-state index is -1.31.